The Labute approximate surface area is 175 Å². The van der Waals surface area contributed by atoms with E-state index in [1.807, 2.05) is 10.7 Å². The predicted octanol–water partition coefficient (Wildman–Crippen LogP) is 4.46. The van der Waals surface area contributed by atoms with Gasteiger partial charge < -0.3 is 5.32 Å². The molecule has 3 rings (SSSR count). The number of aromatic nitrogens is 2. The van der Waals surface area contributed by atoms with E-state index in [9.17, 15) is 4.79 Å². The number of nitrogens with one attached hydrogen (secondary N) is 1. The van der Waals surface area contributed by atoms with Crippen LogP contribution in [0.4, 0.5) is 0 Å². The lowest BCUT2D eigenvalue weighted by Gasteiger charge is -2.32. The number of carbonyl (C=O) groups excluding carboxylic acids is 1. The number of hydrogen-bond donors (Lipinski definition) is 1. The maximum atomic E-state index is 12.8. The van der Waals surface area contributed by atoms with E-state index in [2.05, 4.69) is 81.1 Å². The molecule has 1 N–H and O–H groups in total. The Morgan fingerprint density at radius 2 is 1.86 bits per heavy atom. The highest BCUT2D eigenvalue weighted by atomic mass is 16.2. The zero-order chi connectivity index (χ0) is 21.2. The van der Waals surface area contributed by atoms with Crippen molar-refractivity contribution in [2.24, 2.45) is 0 Å². The Hall–Kier alpha value is -2.14. The first-order valence-electron chi connectivity index (χ1n) is 10.8. The van der Waals surface area contributed by atoms with Gasteiger partial charge in [0, 0.05) is 31.4 Å². The summed E-state index contributed by atoms with van der Waals surface area (Å²) in [5, 5.41) is 7.86. The molecule has 2 heterocycles. The third-order valence-electron chi connectivity index (χ3n) is 5.77. The molecule has 0 saturated carbocycles. The van der Waals surface area contributed by atoms with Crippen molar-refractivity contribution in [2.75, 3.05) is 13.1 Å². The lowest BCUT2D eigenvalue weighted by molar-refractivity contribution is 0.0902. The van der Waals surface area contributed by atoms with Crippen LogP contribution in [0.2, 0.25) is 0 Å². The van der Waals surface area contributed by atoms with Crippen molar-refractivity contribution in [1.29, 1.82) is 0 Å². The monoisotopic (exact) mass is 396 g/mol. The Balaban J connectivity index is 1.58. The van der Waals surface area contributed by atoms with E-state index in [4.69, 9.17) is 0 Å². The highest BCUT2D eigenvalue weighted by molar-refractivity contribution is 5.92. The highest BCUT2D eigenvalue weighted by Gasteiger charge is 2.26. The molecular weight excluding hydrogens is 360 g/mol. The number of nitrogens with zero attached hydrogens (tertiary/aromatic N) is 3. The Morgan fingerprint density at radius 3 is 2.41 bits per heavy atom. The van der Waals surface area contributed by atoms with Crippen molar-refractivity contribution in [3.05, 3.63) is 52.8 Å². The van der Waals surface area contributed by atoms with Gasteiger partial charge >= 0.3 is 0 Å². The van der Waals surface area contributed by atoms with Crippen LogP contribution in [-0.2, 0) is 12.1 Å². The third kappa shape index (κ3) is 5.27. The van der Waals surface area contributed by atoms with Crippen LogP contribution in [0.5, 0.6) is 0 Å². The van der Waals surface area contributed by atoms with Crippen LogP contribution in [0.3, 0.4) is 0 Å². The molecule has 29 heavy (non-hydrogen) atoms. The van der Waals surface area contributed by atoms with Crippen LogP contribution in [0.15, 0.2) is 30.3 Å². The molecule has 1 aliphatic rings. The van der Waals surface area contributed by atoms with Crippen LogP contribution in [0.25, 0.3) is 0 Å². The second-order valence-electron chi connectivity index (χ2n) is 9.64. The standard InChI is InChI=1S/C24H36N4O/c1-17(2)22-15-21(26-28(22)24(4,5)6)23(29)25-20-11-13-27(14-12-20)16-19-10-8-7-9-18(19)3/h7-10,15,17,20H,11-14,16H2,1-6H3,(H,25,29). The van der Waals surface area contributed by atoms with Crippen molar-refractivity contribution < 1.29 is 4.79 Å². The first-order valence-corrected chi connectivity index (χ1v) is 10.8. The van der Waals surface area contributed by atoms with Gasteiger partial charge in [0.1, 0.15) is 5.69 Å². The van der Waals surface area contributed by atoms with Gasteiger partial charge in [-0.15, -0.1) is 0 Å². The largest absolute Gasteiger partial charge is 0.348 e. The molecule has 1 saturated heterocycles. The van der Waals surface area contributed by atoms with Crippen molar-refractivity contribution in [2.45, 2.75) is 78.4 Å². The van der Waals surface area contributed by atoms with E-state index in [0.29, 0.717) is 11.6 Å². The topological polar surface area (TPSA) is 50.2 Å². The molecule has 5 heteroatoms. The molecule has 1 fully saturated rings. The van der Waals surface area contributed by atoms with E-state index in [0.717, 1.165) is 38.2 Å². The summed E-state index contributed by atoms with van der Waals surface area (Å²) in [6.45, 7) is 15.8. The minimum atomic E-state index is -0.140. The van der Waals surface area contributed by atoms with Gasteiger partial charge in [0.15, 0.2) is 0 Å². The Bertz CT molecular complexity index is 839. The number of amides is 1. The number of aryl methyl sites for hydroxylation is 1. The van der Waals surface area contributed by atoms with Crippen molar-refractivity contribution in [1.82, 2.24) is 20.0 Å². The maximum Gasteiger partial charge on any atom is 0.272 e. The number of benzene rings is 1. The Morgan fingerprint density at radius 1 is 1.21 bits per heavy atom. The smallest absolute Gasteiger partial charge is 0.272 e. The minimum Gasteiger partial charge on any atom is -0.348 e. The summed E-state index contributed by atoms with van der Waals surface area (Å²) >= 11 is 0. The minimum absolute atomic E-state index is 0.0488. The molecule has 2 aromatic rings. The van der Waals surface area contributed by atoms with Crippen LogP contribution >= 0.6 is 0 Å². The van der Waals surface area contributed by atoms with E-state index in [1.54, 1.807) is 0 Å². The summed E-state index contributed by atoms with van der Waals surface area (Å²) in [6.07, 6.45) is 1.96. The fraction of sp³-hybridized carbons (Fsp3) is 0.583. The number of carbonyl (C=O) groups is 1. The number of rotatable bonds is 5. The molecule has 0 unspecified atom stereocenters. The molecule has 1 amide bonds. The van der Waals surface area contributed by atoms with Gasteiger partial charge in [-0.1, -0.05) is 38.1 Å². The summed E-state index contributed by atoms with van der Waals surface area (Å²) in [5.41, 5.74) is 4.24. The zero-order valence-electron chi connectivity index (χ0n) is 18.8. The normalized spacial score (nSPS) is 16.4. The molecule has 0 spiro atoms. The quantitative estimate of drug-likeness (QED) is 0.811. The van der Waals surface area contributed by atoms with E-state index in [1.165, 1.54) is 11.1 Å². The fourth-order valence-corrected chi connectivity index (χ4v) is 3.98. The first-order chi connectivity index (χ1) is 13.6. The van der Waals surface area contributed by atoms with Crippen molar-refractivity contribution >= 4 is 5.91 Å². The van der Waals surface area contributed by atoms with Gasteiger partial charge in [0.05, 0.1) is 5.54 Å². The third-order valence-corrected chi connectivity index (χ3v) is 5.77. The summed E-state index contributed by atoms with van der Waals surface area (Å²) in [7, 11) is 0. The zero-order valence-corrected chi connectivity index (χ0v) is 18.8. The molecule has 1 aromatic heterocycles. The lowest BCUT2D eigenvalue weighted by atomic mass is 10.0. The van der Waals surface area contributed by atoms with Gasteiger partial charge in [0.2, 0.25) is 0 Å². The second kappa shape index (κ2) is 8.70. The van der Waals surface area contributed by atoms with Crippen molar-refractivity contribution in [3.63, 3.8) is 0 Å². The molecule has 0 bridgehead atoms. The molecule has 1 aliphatic heterocycles. The predicted molar refractivity (Wildman–Crippen MR) is 118 cm³/mol. The summed E-state index contributed by atoms with van der Waals surface area (Å²) < 4.78 is 2.00. The molecule has 158 valence electrons. The second-order valence-corrected chi connectivity index (χ2v) is 9.64. The fourth-order valence-electron chi connectivity index (χ4n) is 3.98. The van der Waals surface area contributed by atoms with Gasteiger partial charge in [-0.3, -0.25) is 14.4 Å². The van der Waals surface area contributed by atoms with Crippen LogP contribution in [-0.4, -0.2) is 39.7 Å². The number of piperidine rings is 1. The molecule has 0 atom stereocenters. The van der Waals surface area contributed by atoms with Crippen LogP contribution < -0.4 is 5.32 Å². The summed E-state index contributed by atoms with van der Waals surface area (Å²) in [4.78, 5) is 15.3. The van der Waals surface area contributed by atoms with Gasteiger partial charge in [0.25, 0.3) is 5.91 Å². The lowest BCUT2D eigenvalue weighted by Crippen LogP contribution is -2.44. The first kappa shape index (κ1) is 21.6. The van der Waals surface area contributed by atoms with E-state index in [-0.39, 0.29) is 17.5 Å². The van der Waals surface area contributed by atoms with Gasteiger partial charge in [-0.25, -0.2) is 0 Å². The SMILES string of the molecule is Cc1ccccc1CN1CCC(NC(=O)c2cc(C(C)C)n(C(C)(C)C)n2)CC1. The summed E-state index contributed by atoms with van der Waals surface area (Å²) in [5.74, 6) is 0.278. The highest BCUT2D eigenvalue weighted by Crippen LogP contribution is 2.24. The number of hydrogen-bond acceptors (Lipinski definition) is 3. The summed E-state index contributed by atoms with van der Waals surface area (Å²) in [6, 6.07) is 10.8. The number of likely N-dealkylation sites (tertiary alicyclic amines) is 1. The van der Waals surface area contributed by atoms with Crippen LogP contribution in [0.1, 0.15) is 80.7 Å². The molecule has 1 aromatic carbocycles. The van der Waals surface area contributed by atoms with Gasteiger partial charge in [-0.05, 0) is 63.6 Å². The molecular formula is C24H36N4O. The molecule has 5 nitrogen and oxygen atoms in total. The molecule has 0 aliphatic carbocycles. The van der Waals surface area contributed by atoms with E-state index >= 15 is 0 Å². The van der Waals surface area contributed by atoms with Gasteiger partial charge in [-0.2, -0.15) is 5.10 Å². The Kier molecular flexibility index (Phi) is 6.47. The van der Waals surface area contributed by atoms with Crippen LogP contribution in [0, 0.1) is 6.92 Å². The van der Waals surface area contributed by atoms with E-state index < -0.39 is 0 Å². The maximum absolute atomic E-state index is 12.8. The molecule has 0 radical (unpaired) electrons. The van der Waals surface area contributed by atoms with Crippen molar-refractivity contribution in [3.8, 4) is 0 Å². The average Bonchev–Trinajstić information content (AvgIpc) is 3.12. The average molecular weight is 397 g/mol.